The van der Waals surface area contributed by atoms with E-state index in [4.69, 9.17) is 0 Å². The van der Waals surface area contributed by atoms with Crippen molar-refractivity contribution < 1.29 is 9.72 Å². The SMILES string of the molecule is O=Cc1c(-c2cccc([N+](=O)[O-])c2)sc2ccccc12. The number of hydrogen-bond acceptors (Lipinski definition) is 4. The fraction of sp³-hybridized carbons (Fsp3) is 0. The lowest BCUT2D eigenvalue weighted by Gasteiger charge is -1.99. The van der Waals surface area contributed by atoms with Crippen LogP contribution in [-0.4, -0.2) is 11.2 Å². The predicted molar refractivity (Wildman–Crippen MR) is 79.3 cm³/mol. The van der Waals surface area contributed by atoms with Crippen LogP contribution in [0.25, 0.3) is 20.5 Å². The molecular formula is C15H9NO3S. The normalized spacial score (nSPS) is 10.6. The second-order valence-electron chi connectivity index (χ2n) is 4.27. The van der Waals surface area contributed by atoms with Crippen LogP contribution in [-0.2, 0) is 0 Å². The summed E-state index contributed by atoms with van der Waals surface area (Å²) in [5.74, 6) is 0. The van der Waals surface area contributed by atoms with Gasteiger partial charge in [0.05, 0.1) is 4.92 Å². The Hall–Kier alpha value is -2.53. The van der Waals surface area contributed by atoms with Crippen molar-refractivity contribution in [2.75, 3.05) is 0 Å². The number of hydrogen-bond donors (Lipinski definition) is 0. The molecule has 3 rings (SSSR count). The van der Waals surface area contributed by atoms with E-state index in [1.54, 1.807) is 12.1 Å². The van der Waals surface area contributed by atoms with Crippen LogP contribution in [0.5, 0.6) is 0 Å². The monoisotopic (exact) mass is 283 g/mol. The Morgan fingerprint density at radius 3 is 2.65 bits per heavy atom. The number of fused-ring (bicyclic) bond motifs is 1. The average molecular weight is 283 g/mol. The number of carbonyl (C=O) groups is 1. The van der Waals surface area contributed by atoms with E-state index in [2.05, 4.69) is 0 Å². The third-order valence-corrected chi connectivity index (χ3v) is 4.31. The number of carbonyl (C=O) groups excluding carboxylic acids is 1. The molecular weight excluding hydrogens is 274 g/mol. The Morgan fingerprint density at radius 2 is 1.90 bits per heavy atom. The smallest absolute Gasteiger partial charge is 0.270 e. The van der Waals surface area contributed by atoms with Crippen molar-refractivity contribution in [3.63, 3.8) is 0 Å². The highest BCUT2D eigenvalue weighted by Gasteiger charge is 2.15. The molecule has 0 radical (unpaired) electrons. The average Bonchev–Trinajstić information content (AvgIpc) is 2.86. The lowest BCUT2D eigenvalue weighted by atomic mass is 10.1. The molecule has 1 heterocycles. The molecule has 0 aliphatic carbocycles. The molecule has 2 aromatic carbocycles. The minimum Gasteiger partial charge on any atom is -0.298 e. The number of nitro groups is 1. The van der Waals surface area contributed by atoms with Gasteiger partial charge in [-0.1, -0.05) is 30.3 Å². The zero-order chi connectivity index (χ0) is 14.1. The number of nitro benzene ring substituents is 1. The van der Waals surface area contributed by atoms with Crippen LogP contribution >= 0.6 is 11.3 Å². The minimum absolute atomic E-state index is 0.0248. The standard InChI is InChI=1S/C15H9NO3S/c17-9-13-12-6-1-2-7-14(12)20-15(13)10-4-3-5-11(8-10)16(18)19/h1-9H. The van der Waals surface area contributed by atoms with Crippen molar-refractivity contribution in [2.45, 2.75) is 0 Å². The van der Waals surface area contributed by atoms with E-state index in [-0.39, 0.29) is 5.69 Å². The van der Waals surface area contributed by atoms with E-state index < -0.39 is 4.92 Å². The second-order valence-corrected chi connectivity index (χ2v) is 5.32. The van der Waals surface area contributed by atoms with E-state index in [1.165, 1.54) is 23.5 Å². The number of nitrogens with zero attached hydrogens (tertiary/aromatic N) is 1. The summed E-state index contributed by atoms with van der Waals surface area (Å²) < 4.78 is 0.996. The summed E-state index contributed by atoms with van der Waals surface area (Å²) in [5, 5.41) is 11.7. The first-order valence-electron chi connectivity index (χ1n) is 5.92. The van der Waals surface area contributed by atoms with Crippen molar-refractivity contribution in [1.29, 1.82) is 0 Å². The van der Waals surface area contributed by atoms with Crippen LogP contribution in [0.2, 0.25) is 0 Å². The van der Waals surface area contributed by atoms with Gasteiger partial charge in [-0.25, -0.2) is 0 Å². The number of thiophene rings is 1. The van der Waals surface area contributed by atoms with Gasteiger partial charge in [-0.15, -0.1) is 11.3 Å². The molecule has 0 aliphatic heterocycles. The molecule has 0 spiro atoms. The van der Waals surface area contributed by atoms with Gasteiger partial charge in [-0.05, 0) is 11.6 Å². The summed E-state index contributed by atoms with van der Waals surface area (Å²) in [7, 11) is 0. The maximum absolute atomic E-state index is 11.4. The molecule has 1 aromatic heterocycles. The Balaban J connectivity index is 2.26. The van der Waals surface area contributed by atoms with E-state index >= 15 is 0 Å². The fourth-order valence-electron chi connectivity index (χ4n) is 2.16. The van der Waals surface area contributed by atoms with Gasteiger partial charge in [0, 0.05) is 32.7 Å². The van der Waals surface area contributed by atoms with Gasteiger partial charge in [0.2, 0.25) is 0 Å². The summed E-state index contributed by atoms with van der Waals surface area (Å²) >= 11 is 1.47. The molecule has 0 bridgehead atoms. The van der Waals surface area contributed by atoms with Gasteiger partial charge in [-0.3, -0.25) is 14.9 Å². The van der Waals surface area contributed by atoms with Crippen molar-refractivity contribution in [1.82, 2.24) is 0 Å². The first-order chi connectivity index (χ1) is 9.70. The lowest BCUT2D eigenvalue weighted by Crippen LogP contribution is -1.88. The molecule has 3 aromatic rings. The molecule has 0 unspecified atom stereocenters. The third-order valence-electron chi connectivity index (χ3n) is 3.07. The molecule has 0 amide bonds. The summed E-state index contributed by atoms with van der Waals surface area (Å²) in [6, 6.07) is 14.0. The maximum Gasteiger partial charge on any atom is 0.270 e. The lowest BCUT2D eigenvalue weighted by molar-refractivity contribution is -0.384. The maximum atomic E-state index is 11.4. The van der Waals surface area contributed by atoms with Crippen LogP contribution < -0.4 is 0 Å². The quantitative estimate of drug-likeness (QED) is 0.409. The molecule has 0 atom stereocenters. The molecule has 98 valence electrons. The first-order valence-corrected chi connectivity index (χ1v) is 6.74. The van der Waals surface area contributed by atoms with E-state index in [1.807, 2.05) is 24.3 Å². The van der Waals surface area contributed by atoms with Gasteiger partial charge < -0.3 is 0 Å². The van der Waals surface area contributed by atoms with Crippen LogP contribution in [0.3, 0.4) is 0 Å². The summed E-state index contributed by atoms with van der Waals surface area (Å²) in [6.07, 6.45) is 0.812. The van der Waals surface area contributed by atoms with E-state index in [9.17, 15) is 14.9 Å². The van der Waals surface area contributed by atoms with Gasteiger partial charge in [0.25, 0.3) is 5.69 Å². The van der Waals surface area contributed by atoms with Crippen LogP contribution in [0.4, 0.5) is 5.69 Å². The van der Waals surface area contributed by atoms with E-state index in [0.29, 0.717) is 11.1 Å². The Bertz CT molecular complexity index is 823. The Kier molecular flexibility index (Phi) is 3.04. The highest BCUT2D eigenvalue weighted by atomic mass is 32.1. The molecule has 0 N–H and O–H groups in total. The summed E-state index contributed by atoms with van der Waals surface area (Å²) in [5.41, 5.74) is 1.31. The topological polar surface area (TPSA) is 60.2 Å². The summed E-state index contributed by atoms with van der Waals surface area (Å²) in [4.78, 5) is 22.6. The van der Waals surface area contributed by atoms with E-state index in [0.717, 1.165) is 21.2 Å². The molecule has 0 saturated carbocycles. The second kappa shape index (κ2) is 4.86. The number of benzene rings is 2. The minimum atomic E-state index is -0.433. The van der Waals surface area contributed by atoms with Gasteiger partial charge in [0.1, 0.15) is 0 Å². The highest BCUT2D eigenvalue weighted by molar-refractivity contribution is 7.22. The molecule has 20 heavy (non-hydrogen) atoms. The van der Waals surface area contributed by atoms with Crippen molar-refractivity contribution >= 4 is 33.4 Å². The molecule has 4 nitrogen and oxygen atoms in total. The number of rotatable bonds is 3. The number of aldehydes is 1. The van der Waals surface area contributed by atoms with Crippen LogP contribution in [0.1, 0.15) is 10.4 Å². The van der Waals surface area contributed by atoms with Crippen molar-refractivity contribution in [3.05, 3.63) is 64.2 Å². The largest absolute Gasteiger partial charge is 0.298 e. The van der Waals surface area contributed by atoms with Gasteiger partial charge >= 0.3 is 0 Å². The Labute approximate surface area is 118 Å². The molecule has 0 saturated heterocycles. The summed E-state index contributed by atoms with van der Waals surface area (Å²) in [6.45, 7) is 0. The molecule has 0 aliphatic rings. The van der Waals surface area contributed by atoms with Gasteiger partial charge in [0.15, 0.2) is 6.29 Å². The van der Waals surface area contributed by atoms with Crippen LogP contribution in [0, 0.1) is 10.1 Å². The molecule has 0 fully saturated rings. The molecule has 5 heteroatoms. The fourth-order valence-corrected chi connectivity index (χ4v) is 3.32. The third kappa shape index (κ3) is 1.98. The first kappa shape index (κ1) is 12.5. The highest BCUT2D eigenvalue weighted by Crippen LogP contribution is 2.38. The number of non-ortho nitro benzene ring substituents is 1. The Morgan fingerprint density at radius 1 is 1.10 bits per heavy atom. The van der Waals surface area contributed by atoms with Crippen molar-refractivity contribution in [3.8, 4) is 10.4 Å². The predicted octanol–water partition coefficient (Wildman–Crippen LogP) is 4.29. The zero-order valence-electron chi connectivity index (χ0n) is 10.3. The van der Waals surface area contributed by atoms with Gasteiger partial charge in [-0.2, -0.15) is 0 Å². The van der Waals surface area contributed by atoms with Crippen molar-refractivity contribution in [2.24, 2.45) is 0 Å². The zero-order valence-corrected chi connectivity index (χ0v) is 11.1. The van der Waals surface area contributed by atoms with Crippen LogP contribution in [0.15, 0.2) is 48.5 Å².